The van der Waals surface area contributed by atoms with Crippen molar-refractivity contribution in [1.29, 1.82) is 0 Å². The molecular weight excluding hydrogens is 366 g/mol. The minimum atomic E-state index is -0.241. The number of H-pyrrole nitrogens is 1. The fourth-order valence-electron chi connectivity index (χ4n) is 3.16. The summed E-state index contributed by atoms with van der Waals surface area (Å²) in [4.78, 5) is 20.8. The van der Waals surface area contributed by atoms with Crippen LogP contribution in [0.15, 0.2) is 66.7 Å². The zero-order valence-electron chi connectivity index (χ0n) is 16.2. The first-order chi connectivity index (χ1) is 14.2. The molecule has 0 aliphatic heterocycles. The molecule has 0 saturated carbocycles. The molecule has 0 aliphatic carbocycles. The van der Waals surface area contributed by atoms with Gasteiger partial charge in [-0.3, -0.25) is 4.79 Å². The van der Waals surface area contributed by atoms with E-state index in [0.717, 1.165) is 16.6 Å². The molecule has 0 unspecified atom stereocenters. The Kier molecular flexibility index (Phi) is 5.16. The van der Waals surface area contributed by atoms with Crippen molar-refractivity contribution in [2.45, 2.75) is 6.92 Å². The molecule has 0 fully saturated rings. The number of anilines is 1. The number of rotatable bonds is 6. The van der Waals surface area contributed by atoms with Gasteiger partial charge >= 0.3 is 0 Å². The van der Waals surface area contributed by atoms with Crippen LogP contribution in [0.1, 0.15) is 17.3 Å². The average molecular weight is 387 g/mol. The lowest BCUT2D eigenvalue weighted by Gasteiger charge is -2.12. The molecule has 146 valence electrons. The van der Waals surface area contributed by atoms with E-state index in [1.807, 2.05) is 55.5 Å². The Morgan fingerprint density at radius 3 is 2.62 bits per heavy atom. The second-order valence-corrected chi connectivity index (χ2v) is 6.40. The number of hydrogen-bond donors (Lipinski definition) is 2. The van der Waals surface area contributed by atoms with Gasteiger partial charge in [0, 0.05) is 11.1 Å². The van der Waals surface area contributed by atoms with Gasteiger partial charge in [-0.25, -0.2) is 4.98 Å². The van der Waals surface area contributed by atoms with Crippen molar-refractivity contribution in [3.8, 4) is 22.9 Å². The van der Waals surface area contributed by atoms with Crippen LogP contribution in [0.2, 0.25) is 0 Å². The summed E-state index contributed by atoms with van der Waals surface area (Å²) < 4.78 is 10.9. The van der Waals surface area contributed by atoms with E-state index in [4.69, 9.17) is 9.47 Å². The van der Waals surface area contributed by atoms with Gasteiger partial charge < -0.3 is 19.8 Å². The molecule has 29 heavy (non-hydrogen) atoms. The van der Waals surface area contributed by atoms with Gasteiger partial charge in [0.1, 0.15) is 5.82 Å². The highest BCUT2D eigenvalue weighted by Gasteiger charge is 2.15. The number of methoxy groups -OCH3 is 1. The fourth-order valence-corrected chi connectivity index (χ4v) is 3.16. The lowest BCUT2D eigenvalue weighted by atomic mass is 10.1. The second-order valence-electron chi connectivity index (χ2n) is 6.40. The monoisotopic (exact) mass is 387 g/mol. The predicted octanol–water partition coefficient (Wildman–Crippen LogP) is 4.89. The highest BCUT2D eigenvalue weighted by atomic mass is 16.5. The third-order valence-corrected chi connectivity index (χ3v) is 4.55. The maximum atomic E-state index is 12.9. The van der Waals surface area contributed by atoms with Crippen LogP contribution in [-0.4, -0.2) is 29.6 Å². The van der Waals surface area contributed by atoms with Crippen molar-refractivity contribution >= 4 is 22.6 Å². The van der Waals surface area contributed by atoms with Crippen molar-refractivity contribution in [2.24, 2.45) is 0 Å². The van der Waals surface area contributed by atoms with Crippen molar-refractivity contribution < 1.29 is 14.3 Å². The number of aromatic nitrogens is 2. The van der Waals surface area contributed by atoms with E-state index in [1.54, 1.807) is 25.3 Å². The minimum Gasteiger partial charge on any atom is -0.493 e. The molecule has 0 aliphatic rings. The van der Waals surface area contributed by atoms with Crippen LogP contribution in [0.5, 0.6) is 11.5 Å². The number of aromatic amines is 1. The fraction of sp³-hybridized carbons (Fsp3) is 0.130. The summed E-state index contributed by atoms with van der Waals surface area (Å²) >= 11 is 0. The van der Waals surface area contributed by atoms with Gasteiger partial charge in [0.2, 0.25) is 0 Å². The normalized spacial score (nSPS) is 10.7. The molecule has 6 heteroatoms. The molecule has 4 rings (SSSR count). The summed E-state index contributed by atoms with van der Waals surface area (Å²) in [5.41, 5.74) is 3.78. The number of para-hydroxylation sites is 3. The molecule has 0 radical (unpaired) electrons. The molecule has 6 nitrogen and oxygen atoms in total. The number of carbonyl (C=O) groups is 1. The summed E-state index contributed by atoms with van der Waals surface area (Å²) in [6, 6.07) is 20.5. The second kappa shape index (κ2) is 8.06. The number of benzene rings is 3. The third kappa shape index (κ3) is 3.78. The van der Waals surface area contributed by atoms with Gasteiger partial charge in [-0.2, -0.15) is 0 Å². The summed E-state index contributed by atoms with van der Waals surface area (Å²) in [5, 5.41) is 2.98. The number of imidazole rings is 1. The van der Waals surface area contributed by atoms with Crippen molar-refractivity contribution in [3.05, 3.63) is 72.3 Å². The zero-order valence-corrected chi connectivity index (χ0v) is 16.2. The van der Waals surface area contributed by atoms with Crippen LogP contribution >= 0.6 is 0 Å². The van der Waals surface area contributed by atoms with Crippen LogP contribution < -0.4 is 14.8 Å². The molecule has 0 bridgehead atoms. The Bertz CT molecular complexity index is 1130. The van der Waals surface area contributed by atoms with Gasteiger partial charge in [0.15, 0.2) is 11.5 Å². The molecular formula is C23H21N3O3. The maximum Gasteiger partial charge on any atom is 0.255 e. The molecule has 4 aromatic rings. The number of nitrogens with zero attached hydrogens (tertiary/aromatic N) is 1. The van der Waals surface area contributed by atoms with Crippen LogP contribution in [0.4, 0.5) is 5.69 Å². The third-order valence-electron chi connectivity index (χ3n) is 4.55. The van der Waals surface area contributed by atoms with Gasteiger partial charge in [0.25, 0.3) is 5.91 Å². The number of fused-ring (bicyclic) bond motifs is 1. The number of nitrogens with one attached hydrogen (secondary N) is 2. The number of ether oxygens (including phenoxy) is 2. The zero-order chi connectivity index (χ0) is 20.2. The number of carbonyl (C=O) groups excluding carboxylic acids is 1. The Hall–Kier alpha value is -3.80. The van der Waals surface area contributed by atoms with Crippen LogP contribution in [-0.2, 0) is 0 Å². The quantitative estimate of drug-likeness (QED) is 0.494. The highest BCUT2D eigenvalue weighted by molar-refractivity contribution is 6.06. The van der Waals surface area contributed by atoms with E-state index in [-0.39, 0.29) is 5.91 Å². The van der Waals surface area contributed by atoms with Gasteiger partial charge in [-0.15, -0.1) is 0 Å². The first-order valence-electron chi connectivity index (χ1n) is 9.36. The molecule has 1 aromatic heterocycles. The Morgan fingerprint density at radius 1 is 1.03 bits per heavy atom. The SMILES string of the molecule is CCOc1ccc(C(=O)Nc2ccccc2-c2nc3ccccc3[nH]2)cc1OC. The van der Waals surface area contributed by atoms with Crippen LogP contribution in [0, 0.1) is 0 Å². The first kappa shape index (κ1) is 18.6. The summed E-state index contributed by atoms with van der Waals surface area (Å²) in [7, 11) is 1.55. The lowest BCUT2D eigenvalue weighted by Crippen LogP contribution is -2.13. The minimum absolute atomic E-state index is 0.241. The van der Waals surface area contributed by atoms with Crippen LogP contribution in [0.25, 0.3) is 22.4 Å². The lowest BCUT2D eigenvalue weighted by molar-refractivity contribution is 0.102. The van der Waals surface area contributed by atoms with E-state index in [2.05, 4.69) is 15.3 Å². The molecule has 2 N–H and O–H groups in total. The van der Waals surface area contributed by atoms with Crippen molar-refractivity contribution in [3.63, 3.8) is 0 Å². The summed E-state index contributed by atoms with van der Waals surface area (Å²) in [5.74, 6) is 1.58. The Balaban J connectivity index is 1.64. The largest absolute Gasteiger partial charge is 0.493 e. The highest BCUT2D eigenvalue weighted by Crippen LogP contribution is 2.30. The van der Waals surface area contributed by atoms with E-state index in [1.165, 1.54) is 0 Å². The Morgan fingerprint density at radius 2 is 1.83 bits per heavy atom. The van der Waals surface area contributed by atoms with Gasteiger partial charge in [0.05, 0.1) is 30.4 Å². The standard InChI is InChI=1S/C23H21N3O3/c1-3-29-20-13-12-15(14-21(20)28-2)23(27)26-17-9-5-4-8-16(17)22-24-18-10-6-7-11-19(18)25-22/h4-14H,3H2,1-2H3,(H,24,25)(H,26,27). The topological polar surface area (TPSA) is 76.2 Å². The molecule has 1 heterocycles. The number of hydrogen-bond acceptors (Lipinski definition) is 4. The van der Waals surface area contributed by atoms with E-state index in [0.29, 0.717) is 35.2 Å². The first-order valence-corrected chi connectivity index (χ1v) is 9.36. The summed E-state index contributed by atoms with van der Waals surface area (Å²) in [6.45, 7) is 2.42. The maximum absolute atomic E-state index is 12.9. The van der Waals surface area contributed by atoms with Crippen molar-refractivity contribution in [2.75, 3.05) is 19.0 Å². The van der Waals surface area contributed by atoms with Gasteiger partial charge in [-0.05, 0) is 49.4 Å². The van der Waals surface area contributed by atoms with Crippen molar-refractivity contribution in [1.82, 2.24) is 9.97 Å². The molecule has 0 atom stereocenters. The molecule has 0 spiro atoms. The molecule has 1 amide bonds. The van der Waals surface area contributed by atoms with E-state index < -0.39 is 0 Å². The van der Waals surface area contributed by atoms with Crippen LogP contribution in [0.3, 0.4) is 0 Å². The predicted molar refractivity (Wildman–Crippen MR) is 114 cm³/mol. The number of amides is 1. The smallest absolute Gasteiger partial charge is 0.255 e. The summed E-state index contributed by atoms with van der Waals surface area (Å²) in [6.07, 6.45) is 0. The van der Waals surface area contributed by atoms with E-state index in [9.17, 15) is 4.79 Å². The average Bonchev–Trinajstić information content (AvgIpc) is 3.18. The molecule has 0 saturated heterocycles. The Labute approximate surface area is 168 Å². The van der Waals surface area contributed by atoms with E-state index >= 15 is 0 Å². The molecule has 3 aromatic carbocycles. The van der Waals surface area contributed by atoms with Gasteiger partial charge in [-0.1, -0.05) is 24.3 Å².